The fourth-order valence-corrected chi connectivity index (χ4v) is 4.30. The molecular weight excluding hydrogens is 304 g/mol. The van der Waals surface area contributed by atoms with E-state index in [-0.39, 0.29) is 11.8 Å². The van der Waals surface area contributed by atoms with Gasteiger partial charge in [0.15, 0.2) is 0 Å². The van der Waals surface area contributed by atoms with Crippen LogP contribution in [-0.4, -0.2) is 22.2 Å². The van der Waals surface area contributed by atoms with Gasteiger partial charge in [-0.05, 0) is 37.5 Å². The highest BCUT2D eigenvalue weighted by Crippen LogP contribution is 2.50. The number of carboxylic acid groups (broad SMARTS) is 2. The molecule has 0 saturated heterocycles. The van der Waals surface area contributed by atoms with Crippen LogP contribution in [-0.2, 0) is 9.59 Å². The smallest absolute Gasteiger partial charge is 0.309 e. The minimum absolute atomic E-state index is 0.181. The normalized spacial score (nSPS) is 19.1. The summed E-state index contributed by atoms with van der Waals surface area (Å²) in [7, 11) is 0. The lowest BCUT2D eigenvalue weighted by Gasteiger charge is -2.45. The number of aliphatic carboxylic acids is 2. The first-order valence-electron chi connectivity index (χ1n) is 9.66. The quantitative estimate of drug-likeness (QED) is 0.457. The van der Waals surface area contributed by atoms with Crippen molar-refractivity contribution in [2.75, 3.05) is 0 Å². The predicted octanol–water partition coefficient (Wildman–Crippen LogP) is 5.60. The van der Waals surface area contributed by atoms with Gasteiger partial charge in [0.25, 0.3) is 0 Å². The molecular formula is C20H38O4. The van der Waals surface area contributed by atoms with E-state index in [0.717, 1.165) is 25.7 Å². The van der Waals surface area contributed by atoms with Crippen LogP contribution in [0.4, 0.5) is 0 Å². The van der Waals surface area contributed by atoms with Crippen molar-refractivity contribution in [1.29, 1.82) is 0 Å². The molecule has 0 rings (SSSR count). The first-order chi connectivity index (χ1) is 11.2. The van der Waals surface area contributed by atoms with Gasteiger partial charge in [0.1, 0.15) is 0 Å². The van der Waals surface area contributed by atoms with Crippen molar-refractivity contribution in [3.8, 4) is 0 Å². The van der Waals surface area contributed by atoms with Crippen LogP contribution in [0.15, 0.2) is 0 Å². The molecule has 0 radical (unpaired) electrons. The van der Waals surface area contributed by atoms with Gasteiger partial charge < -0.3 is 10.2 Å². The number of unbranched alkanes of at least 4 members (excludes halogenated alkanes) is 2. The minimum atomic E-state index is -0.836. The van der Waals surface area contributed by atoms with E-state index >= 15 is 0 Å². The SMILES string of the molecule is CCCCC(CC)(C(=O)O)C(C)C(C)C(CC)(CCCC)C(=O)O. The summed E-state index contributed by atoms with van der Waals surface area (Å²) in [6, 6.07) is 0. The number of carbonyl (C=O) groups is 2. The van der Waals surface area contributed by atoms with E-state index in [1.807, 2.05) is 27.7 Å². The largest absolute Gasteiger partial charge is 0.481 e. The van der Waals surface area contributed by atoms with Crippen molar-refractivity contribution < 1.29 is 19.8 Å². The highest BCUT2D eigenvalue weighted by atomic mass is 16.4. The first kappa shape index (κ1) is 22.9. The van der Waals surface area contributed by atoms with E-state index in [1.165, 1.54) is 0 Å². The van der Waals surface area contributed by atoms with Crippen LogP contribution < -0.4 is 0 Å². The molecule has 4 unspecified atom stereocenters. The maximum Gasteiger partial charge on any atom is 0.309 e. The second-order valence-electron chi connectivity index (χ2n) is 7.41. The monoisotopic (exact) mass is 342 g/mol. The molecule has 0 fully saturated rings. The van der Waals surface area contributed by atoms with Gasteiger partial charge >= 0.3 is 11.9 Å². The van der Waals surface area contributed by atoms with Gasteiger partial charge in [0, 0.05) is 0 Å². The molecule has 0 amide bonds. The summed E-state index contributed by atoms with van der Waals surface area (Å²) in [5.41, 5.74) is -1.67. The summed E-state index contributed by atoms with van der Waals surface area (Å²) in [5, 5.41) is 20.0. The van der Waals surface area contributed by atoms with E-state index in [9.17, 15) is 19.8 Å². The molecule has 142 valence electrons. The maximum atomic E-state index is 12.2. The summed E-state index contributed by atoms with van der Waals surface area (Å²) in [6.07, 6.45) is 5.94. The van der Waals surface area contributed by atoms with Gasteiger partial charge in [-0.15, -0.1) is 0 Å². The molecule has 2 N–H and O–H groups in total. The molecule has 4 nitrogen and oxygen atoms in total. The molecule has 4 atom stereocenters. The van der Waals surface area contributed by atoms with Gasteiger partial charge in [-0.25, -0.2) is 0 Å². The molecule has 0 aliphatic carbocycles. The molecule has 0 aliphatic heterocycles. The fraction of sp³-hybridized carbons (Fsp3) is 0.900. The van der Waals surface area contributed by atoms with Crippen LogP contribution in [0.5, 0.6) is 0 Å². The average molecular weight is 343 g/mol. The molecule has 0 aromatic heterocycles. The molecule has 4 heteroatoms. The highest BCUT2D eigenvalue weighted by molar-refractivity contribution is 5.77. The zero-order chi connectivity index (χ0) is 19.0. The zero-order valence-electron chi connectivity index (χ0n) is 16.5. The number of carboxylic acids is 2. The third-order valence-corrected chi connectivity index (χ3v) is 6.56. The number of rotatable bonds is 13. The fourth-order valence-electron chi connectivity index (χ4n) is 4.30. The van der Waals surface area contributed by atoms with Crippen molar-refractivity contribution >= 4 is 11.9 Å². The van der Waals surface area contributed by atoms with E-state index < -0.39 is 22.8 Å². The van der Waals surface area contributed by atoms with E-state index in [0.29, 0.717) is 25.7 Å². The minimum Gasteiger partial charge on any atom is -0.481 e. The molecule has 24 heavy (non-hydrogen) atoms. The summed E-state index contributed by atoms with van der Waals surface area (Å²) in [5.74, 6) is -1.91. The Labute approximate surface area is 148 Å². The molecule has 0 bridgehead atoms. The Morgan fingerprint density at radius 3 is 1.21 bits per heavy atom. The van der Waals surface area contributed by atoms with Crippen molar-refractivity contribution in [3.63, 3.8) is 0 Å². The molecule has 0 aliphatic rings. The van der Waals surface area contributed by atoms with Gasteiger partial charge in [0.2, 0.25) is 0 Å². The van der Waals surface area contributed by atoms with Crippen LogP contribution in [0.2, 0.25) is 0 Å². The molecule has 0 heterocycles. The second-order valence-corrected chi connectivity index (χ2v) is 7.41. The maximum absolute atomic E-state index is 12.2. The molecule has 0 aromatic carbocycles. The third kappa shape index (κ3) is 4.52. The van der Waals surface area contributed by atoms with Gasteiger partial charge in [-0.2, -0.15) is 0 Å². The lowest BCUT2D eigenvalue weighted by molar-refractivity contribution is -0.165. The van der Waals surface area contributed by atoms with Crippen LogP contribution >= 0.6 is 0 Å². The lowest BCUT2D eigenvalue weighted by Crippen LogP contribution is -2.48. The Kier molecular flexibility index (Phi) is 9.61. The Morgan fingerprint density at radius 2 is 1.04 bits per heavy atom. The van der Waals surface area contributed by atoms with Gasteiger partial charge in [-0.3, -0.25) is 9.59 Å². The second kappa shape index (κ2) is 10.0. The molecule has 0 saturated carbocycles. The lowest BCUT2D eigenvalue weighted by atomic mass is 9.57. The molecule has 0 spiro atoms. The Bertz CT molecular complexity index is 368. The number of hydrogen-bond donors (Lipinski definition) is 2. The van der Waals surface area contributed by atoms with Gasteiger partial charge in [-0.1, -0.05) is 67.2 Å². The Balaban J connectivity index is 5.83. The Hall–Kier alpha value is -1.06. The first-order valence-corrected chi connectivity index (χ1v) is 9.66. The van der Waals surface area contributed by atoms with Crippen molar-refractivity contribution in [2.45, 2.75) is 92.9 Å². The van der Waals surface area contributed by atoms with E-state index in [4.69, 9.17) is 0 Å². The van der Waals surface area contributed by atoms with Crippen LogP contribution in [0.3, 0.4) is 0 Å². The topological polar surface area (TPSA) is 74.6 Å². The summed E-state index contributed by atoms with van der Waals surface area (Å²) in [4.78, 5) is 24.3. The van der Waals surface area contributed by atoms with Crippen LogP contribution in [0.25, 0.3) is 0 Å². The molecule has 0 aromatic rings. The van der Waals surface area contributed by atoms with Gasteiger partial charge in [0.05, 0.1) is 10.8 Å². The van der Waals surface area contributed by atoms with Crippen LogP contribution in [0, 0.1) is 22.7 Å². The average Bonchev–Trinajstić information content (AvgIpc) is 2.55. The standard InChI is InChI=1S/C20H38O4/c1-7-11-13-19(9-3,17(21)22)15(5)16(6)20(10-4,18(23)24)14-12-8-2/h15-16H,7-14H2,1-6H3,(H,21,22)(H,23,24). The summed E-state index contributed by atoms with van der Waals surface area (Å²) in [6.45, 7) is 11.9. The number of hydrogen-bond acceptors (Lipinski definition) is 2. The third-order valence-electron chi connectivity index (χ3n) is 6.56. The van der Waals surface area contributed by atoms with Crippen molar-refractivity contribution in [3.05, 3.63) is 0 Å². The predicted molar refractivity (Wildman–Crippen MR) is 98.1 cm³/mol. The van der Waals surface area contributed by atoms with Crippen LogP contribution in [0.1, 0.15) is 92.9 Å². The zero-order valence-corrected chi connectivity index (χ0v) is 16.5. The van der Waals surface area contributed by atoms with E-state index in [2.05, 4.69) is 13.8 Å². The van der Waals surface area contributed by atoms with E-state index in [1.54, 1.807) is 0 Å². The van der Waals surface area contributed by atoms with Crippen molar-refractivity contribution in [2.24, 2.45) is 22.7 Å². The van der Waals surface area contributed by atoms with Crippen molar-refractivity contribution in [1.82, 2.24) is 0 Å². The summed E-state index contributed by atoms with van der Waals surface area (Å²) < 4.78 is 0. The Morgan fingerprint density at radius 1 is 0.750 bits per heavy atom. The summed E-state index contributed by atoms with van der Waals surface area (Å²) >= 11 is 0. The highest BCUT2D eigenvalue weighted by Gasteiger charge is 2.51.